The standard InChI is InChI=1S/C48H34N4O/c1-3-15-34(16-4-1)39-22-14-23-40(35-17-5-2-6-18-35)48(39)51-33-50(44-25-9-10-26-45(44)51)36-19-13-20-37(31-36)53-38-28-29-42-41-21-7-8-24-43(41)52(46(42)32-38)47-27-11-12-30-49-47/h1-32H,33H2/i1D,2D,3D,4D,5D,6D,15D,16D,17D,18D. The summed E-state index contributed by atoms with van der Waals surface area (Å²) >= 11 is 0. The molecule has 0 spiro atoms. The molecule has 53 heavy (non-hydrogen) atoms. The molecular formula is C48H34N4O. The van der Waals surface area contributed by atoms with E-state index in [1.165, 1.54) is 0 Å². The van der Waals surface area contributed by atoms with E-state index in [1.807, 2.05) is 107 Å². The Kier molecular flexibility index (Phi) is 5.34. The van der Waals surface area contributed by atoms with Crippen molar-refractivity contribution in [2.75, 3.05) is 16.5 Å². The highest BCUT2D eigenvalue weighted by Gasteiger charge is 2.31. The first-order valence-corrected chi connectivity index (χ1v) is 17.1. The van der Waals surface area contributed by atoms with E-state index in [-0.39, 0.29) is 28.9 Å². The van der Waals surface area contributed by atoms with E-state index in [4.69, 9.17) is 18.4 Å². The Morgan fingerprint density at radius 2 is 1.17 bits per heavy atom. The fourth-order valence-electron chi connectivity index (χ4n) is 7.23. The van der Waals surface area contributed by atoms with Gasteiger partial charge in [0.25, 0.3) is 0 Å². The molecular weight excluding hydrogens is 649 g/mol. The Labute approximate surface area is 322 Å². The summed E-state index contributed by atoms with van der Waals surface area (Å²) in [6.45, 7) is 0.125. The van der Waals surface area contributed by atoms with Gasteiger partial charge in [-0.1, -0.05) is 121 Å². The lowest BCUT2D eigenvalue weighted by atomic mass is 9.95. The molecule has 0 aliphatic carbocycles. The number of anilines is 4. The van der Waals surface area contributed by atoms with Crippen molar-refractivity contribution in [3.63, 3.8) is 0 Å². The third kappa shape index (κ3) is 5.38. The Bertz CT molecular complexity index is 3190. The number of ether oxygens (including phenoxy) is 1. The SMILES string of the molecule is [2H]c1c([2H])c([2H])c(-c2cccc(-c3c([2H])c([2H])c([2H])c([2H])c3[2H])c2N2CN(c3cccc(Oc4ccc5c6ccccc6n(-c6ccccn6)c5c4)c3)c3ccccc32)c([2H])c1[2H]. The van der Waals surface area contributed by atoms with E-state index >= 15 is 0 Å². The second-order valence-corrected chi connectivity index (χ2v) is 12.5. The van der Waals surface area contributed by atoms with Crippen LogP contribution in [-0.2, 0) is 0 Å². The Morgan fingerprint density at radius 3 is 1.91 bits per heavy atom. The highest BCUT2D eigenvalue weighted by Crippen LogP contribution is 2.50. The molecule has 5 nitrogen and oxygen atoms in total. The van der Waals surface area contributed by atoms with Crippen LogP contribution < -0.4 is 14.5 Å². The topological polar surface area (TPSA) is 33.5 Å². The van der Waals surface area contributed by atoms with Gasteiger partial charge in [-0.15, -0.1) is 0 Å². The zero-order valence-electron chi connectivity index (χ0n) is 38.1. The fraction of sp³-hybridized carbons (Fsp3) is 0.0208. The number of hydrogen-bond acceptors (Lipinski definition) is 4. The van der Waals surface area contributed by atoms with Crippen LogP contribution in [0.4, 0.5) is 22.7 Å². The maximum absolute atomic E-state index is 8.98. The summed E-state index contributed by atoms with van der Waals surface area (Å²) in [5.74, 6) is 1.95. The Morgan fingerprint density at radius 1 is 0.528 bits per heavy atom. The van der Waals surface area contributed by atoms with Crippen molar-refractivity contribution in [3.05, 3.63) is 194 Å². The second-order valence-electron chi connectivity index (χ2n) is 12.5. The van der Waals surface area contributed by atoms with Crippen molar-refractivity contribution in [1.29, 1.82) is 0 Å². The molecule has 0 saturated heterocycles. The minimum atomic E-state index is -0.549. The van der Waals surface area contributed by atoms with Gasteiger partial charge in [0.1, 0.15) is 24.0 Å². The minimum absolute atomic E-state index is 0.0874. The normalized spacial score (nSPS) is 15.0. The van der Waals surface area contributed by atoms with Crippen LogP contribution in [-0.4, -0.2) is 16.2 Å². The average Bonchev–Trinajstić information content (AvgIpc) is 3.85. The van der Waals surface area contributed by atoms with Crippen LogP contribution in [0.15, 0.2) is 194 Å². The quantitative estimate of drug-likeness (QED) is 0.166. The van der Waals surface area contributed by atoms with Crippen molar-refractivity contribution >= 4 is 44.6 Å². The van der Waals surface area contributed by atoms with E-state index < -0.39 is 60.4 Å². The van der Waals surface area contributed by atoms with Gasteiger partial charge in [-0.3, -0.25) is 4.57 Å². The molecule has 1 aliphatic heterocycles. The summed E-state index contributed by atoms with van der Waals surface area (Å²) in [6, 6.07) is 35.1. The first-order chi connectivity index (χ1) is 30.4. The molecule has 252 valence electrons. The van der Waals surface area contributed by atoms with Gasteiger partial charge in [0, 0.05) is 45.9 Å². The highest BCUT2D eigenvalue weighted by molar-refractivity contribution is 6.09. The summed E-state index contributed by atoms with van der Waals surface area (Å²) in [4.78, 5) is 8.57. The van der Waals surface area contributed by atoms with Crippen LogP contribution in [0.1, 0.15) is 13.7 Å². The van der Waals surface area contributed by atoms with Crippen molar-refractivity contribution in [2.24, 2.45) is 0 Å². The largest absolute Gasteiger partial charge is 0.457 e. The van der Waals surface area contributed by atoms with Gasteiger partial charge in [0.2, 0.25) is 0 Å². The Balaban J connectivity index is 1.10. The molecule has 0 unspecified atom stereocenters. The molecule has 3 heterocycles. The number of pyridine rings is 1. The molecule has 5 heteroatoms. The zero-order valence-corrected chi connectivity index (χ0v) is 28.1. The first-order valence-electron chi connectivity index (χ1n) is 22.1. The average molecular weight is 693 g/mol. The van der Waals surface area contributed by atoms with E-state index in [2.05, 4.69) is 21.7 Å². The van der Waals surface area contributed by atoms with Gasteiger partial charge >= 0.3 is 0 Å². The van der Waals surface area contributed by atoms with Gasteiger partial charge in [-0.25, -0.2) is 4.98 Å². The second kappa shape index (κ2) is 12.9. The lowest BCUT2D eigenvalue weighted by Crippen LogP contribution is -2.24. The van der Waals surface area contributed by atoms with Crippen LogP contribution in [0.2, 0.25) is 0 Å². The fourth-order valence-corrected chi connectivity index (χ4v) is 7.23. The van der Waals surface area contributed by atoms with Gasteiger partial charge in [-0.2, -0.15) is 0 Å². The summed E-state index contributed by atoms with van der Waals surface area (Å²) in [5, 5.41) is 2.14. The van der Waals surface area contributed by atoms with Gasteiger partial charge in [0.05, 0.1) is 41.8 Å². The summed E-state index contributed by atoms with van der Waals surface area (Å²) in [7, 11) is 0. The molecule has 0 amide bonds. The van der Waals surface area contributed by atoms with Gasteiger partial charge in [-0.05, 0) is 65.7 Å². The van der Waals surface area contributed by atoms with Crippen molar-refractivity contribution in [2.45, 2.75) is 0 Å². The summed E-state index contributed by atoms with van der Waals surface area (Å²) in [5.41, 5.74) is 4.71. The number of fused-ring (bicyclic) bond motifs is 4. The van der Waals surface area contributed by atoms with Gasteiger partial charge in [0.15, 0.2) is 0 Å². The van der Waals surface area contributed by atoms with Crippen molar-refractivity contribution in [1.82, 2.24) is 9.55 Å². The lowest BCUT2D eigenvalue weighted by Gasteiger charge is -2.27. The van der Waals surface area contributed by atoms with E-state index in [9.17, 15) is 0 Å². The zero-order chi connectivity index (χ0) is 43.8. The lowest BCUT2D eigenvalue weighted by molar-refractivity contribution is 0.483. The molecule has 7 aromatic carbocycles. The Hall–Kier alpha value is -7.11. The molecule has 2 aromatic heterocycles. The molecule has 10 rings (SSSR count). The van der Waals surface area contributed by atoms with E-state index in [1.54, 1.807) is 24.4 Å². The summed E-state index contributed by atoms with van der Waals surface area (Å²) < 4.78 is 95.3. The number of para-hydroxylation sites is 4. The number of aromatic nitrogens is 2. The number of rotatable bonds is 7. The minimum Gasteiger partial charge on any atom is -0.457 e. The van der Waals surface area contributed by atoms with E-state index in [0.29, 0.717) is 22.9 Å². The number of nitrogens with zero attached hydrogens (tertiary/aromatic N) is 4. The number of benzene rings is 7. The van der Waals surface area contributed by atoms with Crippen LogP contribution in [0.5, 0.6) is 11.5 Å². The van der Waals surface area contributed by atoms with Crippen molar-refractivity contribution in [3.8, 4) is 39.6 Å². The molecule has 9 aromatic rings. The molecule has 0 saturated carbocycles. The van der Waals surface area contributed by atoms with Crippen molar-refractivity contribution < 1.29 is 18.4 Å². The predicted octanol–water partition coefficient (Wildman–Crippen LogP) is 12.6. The third-order valence-electron chi connectivity index (χ3n) is 9.48. The smallest absolute Gasteiger partial charge is 0.137 e. The highest BCUT2D eigenvalue weighted by atomic mass is 16.5. The molecule has 0 N–H and O–H groups in total. The van der Waals surface area contributed by atoms with Crippen LogP contribution in [0.3, 0.4) is 0 Å². The van der Waals surface area contributed by atoms with Crippen LogP contribution >= 0.6 is 0 Å². The van der Waals surface area contributed by atoms with Crippen LogP contribution in [0.25, 0.3) is 49.9 Å². The van der Waals surface area contributed by atoms with Crippen LogP contribution in [0, 0.1) is 0 Å². The molecule has 0 bridgehead atoms. The maximum Gasteiger partial charge on any atom is 0.137 e. The number of hydrogen-bond donors (Lipinski definition) is 0. The summed E-state index contributed by atoms with van der Waals surface area (Å²) in [6.07, 6.45) is 1.77. The maximum atomic E-state index is 8.98. The first kappa shape index (κ1) is 22.0. The van der Waals surface area contributed by atoms with Gasteiger partial charge < -0.3 is 14.5 Å². The molecule has 0 atom stereocenters. The predicted molar refractivity (Wildman–Crippen MR) is 218 cm³/mol. The third-order valence-corrected chi connectivity index (χ3v) is 9.48. The molecule has 0 fully saturated rings. The monoisotopic (exact) mass is 692 g/mol. The van der Waals surface area contributed by atoms with E-state index in [0.717, 1.165) is 39.0 Å². The molecule has 0 radical (unpaired) electrons. The molecule has 1 aliphatic rings.